The molecule has 0 N–H and O–H groups in total. The standard InChI is InChI=1S/C25H32Si/c1-5-6-9-21-12-14-22(15-13-21)17-23-10-7-8-11-24(23)26-25-19(3)16-18(2)20(25)4/h7-8,10-16,19H,5-6,9,17,26H2,1-4H3. The van der Waals surface area contributed by atoms with Crippen LogP contribution in [0.5, 0.6) is 0 Å². The summed E-state index contributed by atoms with van der Waals surface area (Å²) >= 11 is 0. The molecular formula is C25H32Si. The Bertz CT molecular complexity index is 808. The van der Waals surface area contributed by atoms with E-state index in [1.165, 1.54) is 41.5 Å². The Balaban J connectivity index is 1.76. The van der Waals surface area contributed by atoms with Gasteiger partial charge >= 0.3 is 0 Å². The number of aryl methyl sites for hydroxylation is 1. The van der Waals surface area contributed by atoms with Gasteiger partial charge in [0.2, 0.25) is 0 Å². The van der Waals surface area contributed by atoms with Crippen molar-refractivity contribution in [1.29, 1.82) is 0 Å². The number of allylic oxidation sites excluding steroid dienone is 4. The predicted octanol–water partition coefficient (Wildman–Crippen LogP) is 5.28. The van der Waals surface area contributed by atoms with Gasteiger partial charge in [-0.2, -0.15) is 0 Å². The summed E-state index contributed by atoms with van der Waals surface area (Å²) in [4.78, 5) is 0. The number of benzene rings is 2. The Morgan fingerprint density at radius 3 is 2.27 bits per heavy atom. The van der Waals surface area contributed by atoms with E-state index in [0.29, 0.717) is 5.92 Å². The van der Waals surface area contributed by atoms with E-state index >= 15 is 0 Å². The highest BCUT2D eigenvalue weighted by Crippen LogP contribution is 2.29. The van der Waals surface area contributed by atoms with E-state index in [-0.39, 0.29) is 0 Å². The lowest BCUT2D eigenvalue weighted by Crippen LogP contribution is -2.23. The zero-order valence-corrected chi connectivity index (χ0v) is 18.2. The highest BCUT2D eigenvalue weighted by Gasteiger charge is 2.19. The SMILES string of the molecule is CCCCc1ccc(Cc2ccccc2[SiH2]C2=C(C)C(C)=CC2C)cc1. The van der Waals surface area contributed by atoms with Gasteiger partial charge in [-0.25, -0.2) is 0 Å². The lowest BCUT2D eigenvalue weighted by atomic mass is 10.0. The number of hydrogen-bond donors (Lipinski definition) is 0. The van der Waals surface area contributed by atoms with Crippen LogP contribution in [0.15, 0.2) is 70.9 Å². The van der Waals surface area contributed by atoms with Crippen LogP contribution in [0.25, 0.3) is 0 Å². The van der Waals surface area contributed by atoms with Crippen LogP contribution in [0, 0.1) is 5.92 Å². The number of hydrogen-bond acceptors (Lipinski definition) is 0. The Morgan fingerprint density at radius 2 is 1.62 bits per heavy atom. The van der Waals surface area contributed by atoms with Crippen molar-refractivity contribution in [3.8, 4) is 0 Å². The molecule has 0 aliphatic heterocycles. The molecule has 1 atom stereocenters. The van der Waals surface area contributed by atoms with Crippen molar-refractivity contribution < 1.29 is 0 Å². The molecule has 0 saturated carbocycles. The zero-order valence-electron chi connectivity index (χ0n) is 16.8. The summed E-state index contributed by atoms with van der Waals surface area (Å²) in [6, 6.07) is 18.4. The Labute approximate surface area is 161 Å². The van der Waals surface area contributed by atoms with E-state index in [1.807, 2.05) is 0 Å². The highest BCUT2D eigenvalue weighted by molar-refractivity contribution is 6.62. The van der Waals surface area contributed by atoms with E-state index in [1.54, 1.807) is 16.0 Å². The van der Waals surface area contributed by atoms with Gasteiger partial charge in [-0.3, -0.25) is 0 Å². The molecule has 0 amide bonds. The monoisotopic (exact) mass is 360 g/mol. The maximum atomic E-state index is 2.44. The first kappa shape index (κ1) is 18.9. The molecule has 0 nitrogen and oxygen atoms in total. The average Bonchev–Trinajstić information content (AvgIpc) is 2.89. The summed E-state index contributed by atoms with van der Waals surface area (Å²) in [7, 11) is -0.398. The van der Waals surface area contributed by atoms with E-state index in [4.69, 9.17) is 0 Å². The molecule has 26 heavy (non-hydrogen) atoms. The molecule has 1 unspecified atom stereocenters. The second kappa shape index (κ2) is 8.68. The molecule has 0 fully saturated rings. The van der Waals surface area contributed by atoms with Crippen LogP contribution < -0.4 is 5.19 Å². The van der Waals surface area contributed by atoms with Gasteiger partial charge in [-0.1, -0.05) is 96.4 Å². The van der Waals surface area contributed by atoms with E-state index in [0.717, 1.165) is 6.42 Å². The molecule has 0 aromatic heterocycles. The second-order valence-electron chi connectivity index (χ2n) is 7.83. The maximum absolute atomic E-state index is 2.44. The van der Waals surface area contributed by atoms with Gasteiger partial charge in [-0.05, 0) is 55.7 Å². The molecular weight excluding hydrogens is 328 g/mol. The van der Waals surface area contributed by atoms with Gasteiger partial charge in [0.25, 0.3) is 0 Å². The molecule has 1 aliphatic rings. The minimum absolute atomic E-state index is 0.398. The Kier molecular flexibility index (Phi) is 6.32. The first-order valence-corrected chi connectivity index (χ1v) is 11.5. The molecule has 0 bridgehead atoms. The number of rotatable bonds is 7. The molecule has 0 spiro atoms. The highest BCUT2D eigenvalue weighted by atomic mass is 28.2. The summed E-state index contributed by atoms with van der Waals surface area (Å²) in [6.07, 6.45) is 7.26. The van der Waals surface area contributed by atoms with Crippen LogP contribution in [0.4, 0.5) is 0 Å². The van der Waals surface area contributed by atoms with Crippen LogP contribution >= 0.6 is 0 Å². The Morgan fingerprint density at radius 1 is 0.923 bits per heavy atom. The van der Waals surface area contributed by atoms with Crippen molar-refractivity contribution in [1.82, 2.24) is 0 Å². The maximum Gasteiger partial charge on any atom is 0.0839 e. The lowest BCUT2D eigenvalue weighted by molar-refractivity contribution is 0.795. The zero-order chi connectivity index (χ0) is 18.5. The summed E-state index contributed by atoms with van der Waals surface area (Å²) < 4.78 is 0. The quantitative estimate of drug-likeness (QED) is 0.589. The van der Waals surface area contributed by atoms with E-state index < -0.39 is 9.52 Å². The fourth-order valence-electron chi connectivity index (χ4n) is 4.02. The molecule has 136 valence electrons. The van der Waals surface area contributed by atoms with Crippen LogP contribution in [0.1, 0.15) is 57.2 Å². The van der Waals surface area contributed by atoms with Crippen molar-refractivity contribution in [3.63, 3.8) is 0 Å². The number of unbranched alkanes of at least 4 members (excludes halogenated alkanes) is 1. The van der Waals surface area contributed by atoms with Gasteiger partial charge in [0.15, 0.2) is 0 Å². The average molecular weight is 361 g/mol. The van der Waals surface area contributed by atoms with Crippen molar-refractivity contribution in [2.45, 2.75) is 53.4 Å². The minimum atomic E-state index is -0.398. The van der Waals surface area contributed by atoms with Crippen molar-refractivity contribution in [3.05, 3.63) is 87.6 Å². The van der Waals surface area contributed by atoms with E-state index in [9.17, 15) is 0 Å². The fourth-order valence-corrected chi connectivity index (χ4v) is 6.14. The van der Waals surface area contributed by atoms with Crippen LogP contribution in [-0.2, 0) is 12.8 Å². The topological polar surface area (TPSA) is 0 Å². The molecule has 2 aromatic rings. The molecule has 0 saturated heterocycles. The molecule has 3 rings (SSSR count). The van der Waals surface area contributed by atoms with Crippen LogP contribution in [-0.4, -0.2) is 9.52 Å². The third-order valence-corrected chi connectivity index (χ3v) is 8.48. The summed E-state index contributed by atoms with van der Waals surface area (Å²) in [5.41, 5.74) is 7.48. The predicted molar refractivity (Wildman–Crippen MR) is 118 cm³/mol. The molecule has 0 radical (unpaired) electrons. The first-order valence-electron chi connectivity index (χ1n) is 10.1. The van der Waals surface area contributed by atoms with Crippen molar-refractivity contribution in [2.75, 3.05) is 0 Å². The molecule has 1 heteroatoms. The van der Waals surface area contributed by atoms with Crippen molar-refractivity contribution in [2.24, 2.45) is 5.92 Å². The van der Waals surface area contributed by atoms with Crippen LogP contribution in [0.3, 0.4) is 0 Å². The third kappa shape index (κ3) is 4.45. The molecule has 1 aliphatic carbocycles. The minimum Gasteiger partial charge on any atom is -0.0748 e. The van der Waals surface area contributed by atoms with Gasteiger partial charge in [-0.15, -0.1) is 0 Å². The normalized spacial score (nSPS) is 17.4. The van der Waals surface area contributed by atoms with Gasteiger partial charge < -0.3 is 0 Å². The van der Waals surface area contributed by atoms with Gasteiger partial charge in [0.1, 0.15) is 0 Å². The largest absolute Gasteiger partial charge is 0.0839 e. The molecule has 0 heterocycles. The van der Waals surface area contributed by atoms with Crippen LogP contribution in [0.2, 0.25) is 0 Å². The summed E-state index contributed by atoms with van der Waals surface area (Å²) in [5, 5.41) is 3.34. The second-order valence-corrected chi connectivity index (χ2v) is 9.71. The van der Waals surface area contributed by atoms with Gasteiger partial charge in [0, 0.05) is 0 Å². The van der Waals surface area contributed by atoms with Crippen molar-refractivity contribution >= 4 is 14.7 Å². The Hall–Kier alpha value is -1.86. The fraction of sp³-hybridized carbons (Fsp3) is 0.360. The third-order valence-electron chi connectivity index (χ3n) is 5.86. The first-order chi connectivity index (χ1) is 12.6. The van der Waals surface area contributed by atoms with Gasteiger partial charge in [0.05, 0.1) is 9.52 Å². The lowest BCUT2D eigenvalue weighted by Gasteiger charge is -2.14. The summed E-state index contributed by atoms with van der Waals surface area (Å²) in [6.45, 7) is 9.20. The van der Waals surface area contributed by atoms with E-state index in [2.05, 4.69) is 82.3 Å². The smallest absolute Gasteiger partial charge is 0.0748 e. The summed E-state index contributed by atoms with van der Waals surface area (Å²) in [5.74, 6) is 0.632. The molecule has 2 aromatic carbocycles.